The summed E-state index contributed by atoms with van der Waals surface area (Å²) in [6, 6.07) is 0. The first kappa shape index (κ1) is 7.75. The van der Waals surface area contributed by atoms with Gasteiger partial charge in [-0.2, -0.15) is 0 Å². The van der Waals surface area contributed by atoms with Crippen LogP contribution < -0.4 is 4.90 Å². The third-order valence-electron chi connectivity index (χ3n) is 1.40. The number of carbonyl (C=O) groups excluding carboxylic acids is 1. The lowest BCUT2D eigenvalue weighted by Gasteiger charge is -2.08. The van der Waals surface area contributed by atoms with Gasteiger partial charge >= 0.3 is 0 Å². The van der Waals surface area contributed by atoms with Gasteiger partial charge in [0.15, 0.2) is 10.3 Å². The van der Waals surface area contributed by atoms with E-state index in [1.165, 1.54) is 28.0 Å². The van der Waals surface area contributed by atoms with Crippen LogP contribution in [0.1, 0.15) is 0 Å². The standard InChI is InChI=1S/C6H5N3OS2/c7-5-9(4(10)3-12-5)6-8-1-2-11-6/h1-2,7H,3H2. The molecule has 0 aliphatic carbocycles. The second-order valence-corrected chi connectivity index (χ2v) is 3.97. The van der Waals surface area contributed by atoms with Crippen LogP contribution in [0, 0.1) is 5.41 Å². The van der Waals surface area contributed by atoms with E-state index in [1.807, 2.05) is 0 Å². The topological polar surface area (TPSA) is 57.1 Å². The first-order chi connectivity index (χ1) is 5.79. The normalized spacial score (nSPS) is 17.5. The molecule has 0 aromatic carbocycles. The summed E-state index contributed by atoms with van der Waals surface area (Å²) in [6.07, 6.45) is 1.63. The Balaban J connectivity index is 2.34. The average Bonchev–Trinajstić information content (AvgIpc) is 2.61. The summed E-state index contributed by atoms with van der Waals surface area (Å²) in [7, 11) is 0. The van der Waals surface area contributed by atoms with Crippen LogP contribution in [0.15, 0.2) is 11.6 Å². The van der Waals surface area contributed by atoms with Crippen molar-refractivity contribution in [1.82, 2.24) is 4.98 Å². The van der Waals surface area contributed by atoms with Gasteiger partial charge < -0.3 is 0 Å². The second kappa shape index (κ2) is 2.87. The second-order valence-electron chi connectivity index (χ2n) is 2.14. The van der Waals surface area contributed by atoms with Crippen molar-refractivity contribution in [2.75, 3.05) is 10.7 Å². The van der Waals surface area contributed by atoms with Crippen molar-refractivity contribution in [3.63, 3.8) is 0 Å². The Morgan fingerprint density at radius 3 is 3.00 bits per heavy atom. The van der Waals surface area contributed by atoms with Crippen LogP contribution in [0.25, 0.3) is 0 Å². The van der Waals surface area contributed by atoms with Gasteiger partial charge in [-0.1, -0.05) is 11.8 Å². The van der Waals surface area contributed by atoms with Crippen LogP contribution in [0.5, 0.6) is 0 Å². The van der Waals surface area contributed by atoms with Gasteiger partial charge in [0.05, 0.1) is 5.75 Å². The van der Waals surface area contributed by atoms with Gasteiger partial charge in [-0.15, -0.1) is 11.3 Å². The van der Waals surface area contributed by atoms with Crippen molar-refractivity contribution in [3.05, 3.63) is 11.6 Å². The number of nitrogens with zero attached hydrogens (tertiary/aromatic N) is 2. The van der Waals surface area contributed by atoms with Gasteiger partial charge in [-0.05, 0) is 0 Å². The van der Waals surface area contributed by atoms with Crippen molar-refractivity contribution in [2.24, 2.45) is 0 Å². The molecule has 4 nitrogen and oxygen atoms in total. The van der Waals surface area contributed by atoms with E-state index < -0.39 is 0 Å². The van der Waals surface area contributed by atoms with Gasteiger partial charge in [-0.25, -0.2) is 9.88 Å². The quantitative estimate of drug-likeness (QED) is 0.738. The SMILES string of the molecule is N=C1SCC(=O)N1c1nccs1. The fraction of sp³-hybridized carbons (Fsp3) is 0.167. The highest BCUT2D eigenvalue weighted by molar-refractivity contribution is 8.15. The highest BCUT2D eigenvalue weighted by Gasteiger charge is 2.29. The number of hydrogen-bond donors (Lipinski definition) is 1. The number of thioether (sulfide) groups is 1. The van der Waals surface area contributed by atoms with E-state index in [-0.39, 0.29) is 11.1 Å². The molecule has 1 fully saturated rings. The van der Waals surface area contributed by atoms with Crippen molar-refractivity contribution in [1.29, 1.82) is 5.41 Å². The van der Waals surface area contributed by atoms with Crippen LogP contribution in [0.4, 0.5) is 5.13 Å². The summed E-state index contributed by atoms with van der Waals surface area (Å²) in [5, 5.41) is 10.1. The summed E-state index contributed by atoms with van der Waals surface area (Å²) in [5.74, 6) is 0.304. The Bertz CT molecular complexity index is 306. The molecule has 0 radical (unpaired) electrons. The largest absolute Gasteiger partial charge is 0.278 e. The van der Waals surface area contributed by atoms with Crippen LogP contribution in [-0.4, -0.2) is 21.8 Å². The molecule has 1 aromatic rings. The van der Waals surface area contributed by atoms with Crippen LogP contribution in [-0.2, 0) is 4.79 Å². The Kier molecular flexibility index (Phi) is 1.86. The number of thiazole rings is 1. The highest BCUT2D eigenvalue weighted by atomic mass is 32.2. The number of amides is 1. The minimum absolute atomic E-state index is 0.0556. The third kappa shape index (κ3) is 1.12. The fourth-order valence-electron chi connectivity index (χ4n) is 0.892. The van der Waals surface area contributed by atoms with Gasteiger partial charge in [0, 0.05) is 11.6 Å². The van der Waals surface area contributed by atoms with Gasteiger partial charge in [0.2, 0.25) is 5.91 Å². The number of carbonyl (C=O) groups is 1. The van der Waals surface area contributed by atoms with Crippen LogP contribution >= 0.6 is 23.1 Å². The molecule has 1 N–H and O–H groups in total. The summed E-state index contributed by atoms with van der Waals surface area (Å²) in [4.78, 5) is 16.5. The Hall–Kier alpha value is -0.880. The molecular formula is C6H5N3OS2. The molecule has 1 aliphatic heterocycles. The highest BCUT2D eigenvalue weighted by Crippen LogP contribution is 2.26. The molecule has 1 aromatic heterocycles. The number of hydrogen-bond acceptors (Lipinski definition) is 5. The van der Waals surface area contributed by atoms with Crippen LogP contribution in [0.3, 0.4) is 0 Å². The Morgan fingerprint density at radius 2 is 2.50 bits per heavy atom. The van der Waals surface area contributed by atoms with E-state index >= 15 is 0 Å². The third-order valence-corrected chi connectivity index (χ3v) is 3.00. The van der Waals surface area contributed by atoms with E-state index in [0.717, 1.165) is 0 Å². The molecule has 2 rings (SSSR count). The van der Waals surface area contributed by atoms with Crippen LogP contribution in [0.2, 0.25) is 0 Å². The number of aromatic nitrogens is 1. The maximum absolute atomic E-state index is 11.2. The predicted octanol–water partition coefficient (Wildman–Crippen LogP) is 1.16. The van der Waals surface area contributed by atoms with Crippen molar-refractivity contribution in [2.45, 2.75) is 0 Å². The lowest BCUT2D eigenvalue weighted by Crippen LogP contribution is -2.28. The molecule has 62 valence electrons. The molecule has 0 spiro atoms. The zero-order valence-electron chi connectivity index (χ0n) is 5.98. The summed E-state index contributed by atoms with van der Waals surface area (Å²) < 4.78 is 0. The molecule has 0 atom stereocenters. The first-order valence-corrected chi connectivity index (χ1v) is 5.09. The molecule has 2 heterocycles. The molecule has 0 saturated carbocycles. The minimum atomic E-state index is -0.0556. The number of amidine groups is 1. The zero-order chi connectivity index (χ0) is 8.55. The van der Waals surface area contributed by atoms with E-state index in [1.54, 1.807) is 11.6 Å². The summed E-state index contributed by atoms with van der Waals surface area (Å²) >= 11 is 2.61. The smallest absolute Gasteiger partial charge is 0.245 e. The molecule has 1 saturated heterocycles. The van der Waals surface area contributed by atoms with Gasteiger partial charge in [0.1, 0.15) is 0 Å². The molecule has 1 amide bonds. The number of rotatable bonds is 1. The van der Waals surface area contributed by atoms with E-state index in [9.17, 15) is 4.79 Å². The van der Waals surface area contributed by atoms with Crippen molar-refractivity contribution in [3.8, 4) is 0 Å². The molecule has 1 aliphatic rings. The minimum Gasteiger partial charge on any atom is -0.278 e. The lowest BCUT2D eigenvalue weighted by atomic mass is 10.6. The van der Waals surface area contributed by atoms with E-state index in [2.05, 4.69) is 4.98 Å². The maximum atomic E-state index is 11.2. The number of nitrogens with one attached hydrogen (secondary N) is 1. The lowest BCUT2D eigenvalue weighted by molar-refractivity contribution is -0.115. The molecule has 0 unspecified atom stereocenters. The Morgan fingerprint density at radius 1 is 1.67 bits per heavy atom. The Labute approximate surface area is 77.1 Å². The van der Waals surface area contributed by atoms with Crippen molar-refractivity contribution >= 4 is 39.3 Å². The number of anilines is 1. The van der Waals surface area contributed by atoms with Crippen molar-refractivity contribution < 1.29 is 4.79 Å². The molecule has 0 bridgehead atoms. The van der Waals surface area contributed by atoms with Gasteiger partial charge in [-0.3, -0.25) is 10.2 Å². The molecular weight excluding hydrogens is 194 g/mol. The summed E-state index contributed by atoms with van der Waals surface area (Å²) in [6.45, 7) is 0. The fourth-order valence-corrected chi connectivity index (χ4v) is 2.32. The summed E-state index contributed by atoms with van der Waals surface area (Å²) in [5.41, 5.74) is 0. The zero-order valence-corrected chi connectivity index (χ0v) is 7.61. The molecule has 12 heavy (non-hydrogen) atoms. The van der Waals surface area contributed by atoms with E-state index in [0.29, 0.717) is 10.9 Å². The maximum Gasteiger partial charge on any atom is 0.245 e. The predicted molar refractivity (Wildman–Crippen MR) is 49.8 cm³/mol. The van der Waals surface area contributed by atoms with Gasteiger partial charge in [0.25, 0.3) is 0 Å². The first-order valence-electron chi connectivity index (χ1n) is 3.23. The van der Waals surface area contributed by atoms with E-state index in [4.69, 9.17) is 5.41 Å². The monoisotopic (exact) mass is 199 g/mol. The average molecular weight is 199 g/mol. The molecule has 6 heteroatoms.